The van der Waals surface area contributed by atoms with Gasteiger partial charge in [0.1, 0.15) is 17.1 Å². The normalized spacial score (nSPS) is 17.1. The van der Waals surface area contributed by atoms with Crippen molar-refractivity contribution >= 4 is 15.9 Å². The summed E-state index contributed by atoms with van der Waals surface area (Å²) in [4.78, 5) is 13.5. The first-order valence-corrected chi connectivity index (χ1v) is 10.7. The van der Waals surface area contributed by atoms with Crippen molar-refractivity contribution in [2.45, 2.75) is 57.5 Å². The third kappa shape index (κ3) is 5.25. The summed E-state index contributed by atoms with van der Waals surface area (Å²) in [5.74, 6) is -0.984. The highest BCUT2D eigenvalue weighted by atomic mass is 32.2. The van der Waals surface area contributed by atoms with Crippen molar-refractivity contribution in [1.29, 1.82) is 0 Å². The number of unbranched alkanes of at least 4 members (excludes halogenated alkanes) is 1. The SMILES string of the molecule is CCCCN(CC(F)(F)F)C(=O)C1CCN(S(=O)(=O)c2c(C)noc2C)CC1. The van der Waals surface area contributed by atoms with Crippen molar-refractivity contribution in [2.24, 2.45) is 5.92 Å². The first-order chi connectivity index (χ1) is 13.0. The van der Waals surface area contributed by atoms with Crippen molar-refractivity contribution < 1.29 is 30.9 Å². The van der Waals surface area contributed by atoms with Gasteiger partial charge in [-0.2, -0.15) is 17.5 Å². The molecule has 11 heteroatoms. The lowest BCUT2D eigenvalue weighted by Gasteiger charge is -2.34. The second-order valence-electron chi connectivity index (χ2n) is 7.06. The molecule has 0 aromatic carbocycles. The minimum atomic E-state index is -4.46. The van der Waals surface area contributed by atoms with Crippen molar-refractivity contribution in [3.63, 3.8) is 0 Å². The smallest absolute Gasteiger partial charge is 0.360 e. The fourth-order valence-electron chi connectivity index (χ4n) is 3.41. The fourth-order valence-corrected chi connectivity index (χ4v) is 5.17. The van der Waals surface area contributed by atoms with Crippen LogP contribution >= 0.6 is 0 Å². The molecule has 0 atom stereocenters. The lowest BCUT2D eigenvalue weighted by atomic mass is 9.96. The van der Waals surface area contributed by atoms with E-state index >= 15 is 0 Å². The second-order valence-corrected chi connectivity index (χ2v) is 8.93. The van der Waals surface area contributed by atoms with Crippen LogP contribution in [-0.4, -0.2) is 61.0 Å². The lowest BCUT2D eigenvalue weighted by Crippen LogP contribution is -2.47. The molecule has 0 aliphatic carbocycles. The van der Waals surface area contributed by atoms with Crippen LogP contribution in [0.3, 0.4) is 0 Å². The maximum Gasteiger partial charge on any atom is 0.406 e. The summed E-state index contributed by atoms with van der Waals surface area (Å²) < 4.78 is 70.2. The number of aryl methyl sites for hydroxylation is 2. The Labute approximate surface area is 162 Å². The van der Waals surface area contributed by atoms with Crippen molar-refractivity contribution in [3.05, 3.63) is 11.5 Å². The van der Waals surface area contributed by atoms with Crippen LogP contribution in [0.15, 0.2) is 9.42 Å². The number of amides is 1. The van der Waals surface area contributed by atoms with Gasteiger partial charge in [-0.1, -0.05) is 18.5 Å². The quantitative estimate of drug-likeness (QED) is 0.671. The molecule has 0 N–H and O–H groups in total. The number of aromatic nitrogens is 1. The van der Waals surface area contributed by atoms with Crippen LogP contribution in [0.1, 0.15) is 44.1 Å². The molecule has 0 unspecified atom stereocenters. The largest absolute Gasteiger partial charge is 0.406 e. The molecule has 0 radical (unpaired) electrons. The molecule has 1 aromatic rings. The number of alkyl halides is 3. The number of nitrogens with zero attached hydrogens (tertiary/aromatic N) is 3. The highest BCUT2D eigenvalue weighted by Crippen LogP contribution is 2.29. The van der Waals surface area contributed by atoms with Crippen LogP contribution in [-0.2, 0) is 14.8 Å². The third-order valence-corrected chi connectivity index (χ3v) is 6.98. The van der Waals surface area contributed by atoms with Crippen LogP contribution in [0.5, 0.6) is 0 Å². The molecule has 2 heterocycles. The van der Waals surface area contributed by atoms with Gasteiger partial charge < -0.3 is 9.42 Å². The highest BCUT2D eigenvalue weighted by Gasteiger charge is 2.39. The zero-order valence-electron chi connectivity index (χ0n) is 16.3. The van der Waals surface area contributed by atoms with Crippen LogP contribution in [0, 0.1) is 19.8 Å². The topological polar surface area (TPSA) is 83.7 Å². The molecule has 2 rings (SSSR count). The van der Waals surface area contributed by atoms with E-state index in [2.05, 4.69) is 5.16 Å². The summed E-state index contributed by atoms with van der Waals surface area (Å²) in [5, 5.41) is 3.66. The zero-order chi connectivity index (χ0) is 21.1. The van der Waals surface area contributed by atoms with Crippen LogP contribution in [0.25, 0.3) is 0 Å². The summed E-state index contributed by atoms with van der Waals surface area (Å²) in [6.07, 6.45) is -2.93. The van der Waals surface area contributed by atoms with Gasteiger partial charge in [-0.25, -0.2) is 8.42 Å². The number of carbonyl (C=O) groups excluding carboxylic acids is 1. The van der Waals surface area contributed by atoms with E-state index < -0.39 is 34.6 Å². The van der Waals surface area contributed by atoms with E-state index in [0.717, 1.165) is 4.90 Å². The number of hydrogen-bond acceptors (Lipinski definition) is 5. The molecule has 1 fully saturated rings. The Morgan fingerprint density at radius 2 is 1.89 bits per heavy atom. The van der Waals surface area contributed by atoms with Gasteiger partial charge in [0.25, 0.3) is 0 Å². The maximum absolute atomic E-state index is 12.8. The molecule has 1 aliphatic rings. The van der Waals surface area contributed by atoms with Gasteiger partial charge in [-0.15, -0.1) is 0 Å². The van der Waals surface area contributed by atoms with Crippen molar-refractivity contribution in [1.82, 2.24) is 14.4 Å². The predicted octanol–water partition coefficient (Wildman–Crippen LogP) is 2.88. The van der Waals surface area contributed by atoms with Gasteiger partial charge in [0.15, 0.2) is 5.76 Å². The molecule has 160 valence electrons. The molecule has 1 aromatic heterocycles. The minimum Gasteiger partial charge on any atom is -0.360 e. The Bertz CT molecular complexity index is 765. The fraction of sp³-hybridized carbons (Fsp3) is 0.765. The Morgan fingerprint density at radius 1 is 1.29 bits per heavy atom. The van der Waals surface area contributed by atoms with E-state index in [1.54, 1.807) is 0 Å². The van der Waals surface area contributed by atoms with E-state index in [9.17, 15) is 26.4 Å². The van der Waals surface area contributed by atoms with Gasteiger partial charge in [-0.05, 0) is 33.1 Å². The molecule has 0 saturated carbocycles. The van der Waals surface area contributed by atoms with E-state index in [-0.39, 0.29) is 48.8 Å². The summed E-state index contributed by atoms with van der Waals surface area (Å²) in [6.45, 7) is 3.78. The number of rotatable bonds is 7. The Balaban J connectivity index is 2.06. The zero-order valence-corrected chi connectivity index (χ0v) is 17.1. The molecular formula is C17H26F3N3O4S. The average molecular weight is 425 g/mol. The predicted molar refractivity (Wildman–Crippen MR) is 95.0 cm³/mol. The molecule has 1 saturated heterocycles. The van der Waals surface area contributed by atoms with E-state index in [0.29, 0.717) is 12.8 Å². The van der Waals surface area contributed by atoms with Crippen LogP contribution in [0.4, 0.5) is 13.2 Å². The van der Waals surface area contributed by atoms with E-state index in [1.807, 2.05) is 6.92 Å². The van der Waals surface area contributed by atoms with E-state index in [4.69, 9.17) is 4.52 Å². The number of sulfonamides is 1. The average Bonchev–Trinajstić information content (AvgIpc) is 2.96. The number of hydrogen-bond donors (Lipinski definition) is 0. The van der Waals surface area contributed by atoms with Gasteiger partial charge in [0.05, 0.1) is 0 Å². The first kappa shape index (κ1) is 22.7. The third-order valence-electron chi connectivity index (χ3n) is 4.83. The molecule has 0 spiro atoms. The summed E-state index contributed by atoms with van der Waals surface area (Å²) in [5.41, 5.74) is 0.256. The number of piperidine rings is 1. The standard InChI is InChI=1S/C17H26F3N3O4S/c1-4-5-8-22(11-17(18,19)20)16(24)14-6-9-23(10-7-14)28(25,26)15-12(2)21-27-13(15)3/h14H,4-11H2,1-3H3. The summed E-state index contributed by atoms with van der Waals surface area (Å²) in [7, 11) is -3.82. The molecule has 0 bridgehead atoms. The molecule has 1 aliphatic heterocycles. The Hall–Kier alpha value is -1.62. The van der Waals surface area contributed by atoms with Crippen molar-refractivity contribution in [2.75, 3.05) is 26.2 Å². The monoisotopic (exact) mass is 425 g/mol. The van der Waals surface area contributed by atoms with Gasteiger partial charge in [-0.3, -0.25) is 4.79 Å². The van der Waals surface area contributed by atoms with Crippen molar-refractivity contribution in [3.8, 4) is 0 Å². The van der Waals surface area contributed by atoms with Gasteiger partial charge >= 0.3 is 6.18 Å². The van der Waals surface area contributed by atoms with Gasteiger partial charge in [0, 0.05) is 25.6 Å². The van der Waals surface area contributed by atoms with Gasteiger partial charge in [0.2, 0.25) is 15.9 Å². The minimum absolute atomic E-state index is 0.0129. The van der Waals surface area contributed by atoms with Crippen LogP contribution in [0.2, 0.25) is 0 Å². The Morgan fingerprint density at radius 3 is 2.36 bits per heavy atom. The lowest BCUT2D eigenvalue weighted by molar-refractivity contribution is -0.164. The summed E-state index contributed by atoms with van der Waals surface area (Å²) >= 11 is 0. The second kappa shape index (κ2) is 8.81. The number of carbonyl (C=O) groups is 1. The Kier molecular flexibility index (Phi) is 7.13. The molecule has 1 amide bonds. The number of halogens is 3. The molecule has 28 heavy (non-hydrogen) atoms. The first-order valence-electron chi connectivity index (χ1n) is 9.26. The van der Waals surface area contributed by atoms with E-state index in [1.165, 1.54) is 18.2 Å². The highest BCUT2D eigenvalue weighted by molar-refractivity contribution is 7.89. The molecular weight excluding hydrogens is 399 g/mol. The van der Waals surface area contributed by atoms with Crippen LogP contribution < -0.4 is 0 Å². The summed E-state index contributed by atoms with van der Waals surface area (Å²) in [6, 6.07) is 0. The maximum atomic E-state index is 12.8. The molecule has 7 nitrogen and oxygen atoms in total.